The molecule has 3 heterocycles. The highest BCUT2D eigenvalue weighted by atomic mass is 32.2. The van der Waals surface area contributed by atoms with E-state index in [-0.39, 0.29) is 37.2 Å². The van der Waals surface area contributed by atoms with E-state index in [4.69, 9.17) is 4.42 Å². The van der Waals surface area contributed by atoms with Gasteiger partial charge in [0.05, 0.1) is 24.8 Å². The van der Waals surface area contributed by atoms with Crippen molar-refractivity contribution in [3.8, 4) is 11.1 Å². The van der Waals surface area contributed by atoms with Crippen molar-refractivity contribution in [2.45, 2.75) is 39.5 Å². The van der Waals surface area contributed by atoms with E-state index in [0.29, 0.717) is 12.2 Å². The van der Waals surface area contributed by atoms with E-state index in [2.05, 4.69) is 10.3 Å². The third-order valence-corrected chi connectivity index (χ3v) is 8.49. The lowest BCUT2D eigenvalue weighted by Gasteiger charge is -2.32. The standard InChI is InChI=1S/C28H31N5O4S/c1-21(2)27-28(34)31(18-25-19-32(30-29-25)20-26-9-6-15-37-26)14-16-38(35,36)33(27)17-22-10-12-24(13-11-22)23-7-4-3-5-8-23/h3-13,15,19,21,27H,14,16-18,20H2,1-2H3. The summed E-state index contributed by atoms with van der Waals surface area (Å²) in [5, 5.41) is 8.32. The highest BCUT2D eigenvalue weighted by Gasteiger charge is 2.42. The molecule has 5 rings (SSSR count). The molecule has 9 nitrogen and oxygen atoms in total. The van der Waals surface area contributed by atoms with Gasteiger partial charge in [-0.05, 0) is 34.7 Å². The molecule has 0 bridgehead atoms. The number of rotatable bonds is 8. The van der Waals surface area contributed by atoms with Crippen LogP contribution in [0, 0.1) is 5.92 Å². The first-order valence-electron chi connectivity index (χ1n) is 12.6. The molecule has 198 valence electrons. The molecule has 1 atom stereocenters. The Morgan fingerprint density at radius 2 is 1.68 bits per heavy atom. The van der Waals surface area contributed by atoms with Crippen LogP contribution >= 0.6 is 0 Å². The minimum atomic E-state index is -3.68. The maximum absolute atomic E-state index is 13.7. The second-order valence-electron chi connectivity index (χ2n) is 9.86. The van der Waals surface area contributed by atoms with Gasteiger partial charge in [0.1, 0.15) is 24.0 Å². The highest BCUT2D eigenvalue weighted by Crippen LogP contribution is 2.26. The van der Waals surface area contributed by atoms with Gasteiger partial charge in [0, 0.05) is 13.1 Å². The summed E-state index contributed by atoms with van der Waals surface area (Å²) in [7, 11) is -3.68. The molecule has 0 radical (unpaired) electrons. The second kappa shape index (κ2) is 10.9. The van der Waals surface area contributed by atoms with Gasteiger partial charge in [-0.15, -0.1) is 5.10 Å². The van der Waals surface area contributed by atoms with Crippen molar-refractivity contribution in [2.75, 3.05) is 12.3 Å². The van der Waals surface area contributed by atoms with Crippen molar-refractivity contribution in [1.82, 2.24) is 24.2 Å². The highest BCUT2D eigenvalue weighted by molar-refractivity contribution is 7.89. The molecule has 1 saturated heterocycles. The number of carbonyl (C=O) groups excluding carboxylic acids is 1. The first-order valence-corrected chi connectivity index (χ1v) is 14.2. The topological polar surface area (TPSA) is 102 Å². The Morgan fingerprint density at radius 1 is 0.947 bits per heavy atom. The molecule has 1 aliphatic rings. The second-order valence-corrected chi connectivity index (χ2v) is 11.9. The molecule has 1 unspecified atom stereocenters. The van der Waals surface area contributed by atoms with E-state index in [1.54, 1.807) is 28.1 Å². The Kier molecular flexibility index (Phi) is 7.44. The van der Waals surface area contributed by atoms with Crippen molar-refractivity contribution >= 4 is 15.9 Å². The molecule has 0 saturated carbocycles. The number of sulfonamides is 1. The average molecular weight is 534 g/mol. The fourth-order valence-corrected chi connectivity index (χ4v) is 6.48. The molecule has 2 aromatic carbocycles. The number of furan rings is 1. The van der Waals surface area contributed by atoms with E-state index in [9.17, 15) is 13.2 Å². The first-order chi connectivity index (χ1) is 18.3. The molecule has 1 aliphatic heterocycles. The minimum absolute atomic E-state index is 0.0961. The molecule has 38 heavy (non-hydrogen) atoms. The van der Waals surface area contributed by atoms with E-state index in [1.165, 1.54) is 4.31 Å². The predicted molar refractivity (Wildman–Crippen MR) is 143 cm³/mol. The zero-order valence-corrected chi connectivity index (χ0v) is 22.3. The summed E-state index contributed by atoms with van der Waals surface area (Å²) in [5.74, 6) is 0.161. The van der Waals surface area contributed by atoms with Crippen LogP contribution < -0.4 is 0 Å². The van der Waals surface area contributed by atoms with Crippen molar-refractivity contribution in [1.29, 1.82) is 0 Å². The Balaban J connectivity index is 1.34. The lowest BCUT2D eigenvalue weighted by atomic mass is 10.0. The van der Waals surface area contributed by atoms with Crippen LogP contribution in [0.25, 0.3) is 11.1 Å². The third-order valence-electron chi connectivity index (χ3n) is 6.72. The van der Waals surface area contributed by atoms with Gasteiger partial charge < -0.3 is 9.32 Å². The number of amides is 1. The monoisotopic (exact) mass is 533 g/mol. The number of aromatic nitrogens is 3. The number of hydrogen-bond acceptors (Lipinski definition) is 6. The zero-order valence-electron chi connectivity index (χ0n) is 21.5. The van der Waals surface area contributed by atoms with Gasteiger partial charge in [-0.25, -0.2) is 13.1 Å². The molecule has 2 aromatic heterocycles. The first kappa shape index (κ1) is 25.9. The quantitative estimate of drug-likeness (QED) is 0.342. The minimum Gasteiger partial charge on any atom is -0.467 e. The molecule has 0 aliphatic carbocycles. The summed E-state index contributed by atoms with van der Waals surface area (Å²) >= 11 is 0. The third kappa shape index (κ3) is 5.71. The van der Waals surface area contributed by atoms with Crippen LogP contribution in [0.3, 0.4) is 0 Å². The largest absolute Gasteiger partial charge is 0.467 e. The Morgan fingerprint density at radius 3 is 2.37 bits per heavy atom. The fraction of sp³-hybridized carbons (Fsp3) is 0.321. The summed E-state index contributed by atoms with van der Waals surface area (Å²) in [6.45, 7) is 4.61. The Bertz CT molecular complexity index is 1470. The van der Waals surface area contributed by atoms with Crippen LogP contribution in [0.5, 0.6) is 0 Å². The molecular weight excluding hydrogens is 502 g/mol. The van der Waals surface area contributed by atoms with Gasteiger partial charge in [-0.2, -0.15) is 4.31 Å². The van der Waals surface area contributed by atoms with Crippen molar-refractivity contribution in [3.63, 3.8) is 0 Å². The lowest BCUT2D eigenvalue weighted by Crippen LogP contribution is -2.49. The number of hydrogen-bond donors (Lipinski definition) is 0. The molecule has 4 aromatic rings. The van der Waals surface area contributed by atoms with Crippen molar-refractivity contribution in [3.05, 3.63) is 96.2 Å². The SMILES string of the molecule is CC(C)C1C(=O)N(Cc2cn(Cc3ccco3)nn2)CCS(=O)(=O)N1Cc1ccc(-c2ccccc2)cc1. The van der Waals surface area contributed by atoms with Crippen LogP contribution in [0.4, 0.5) is 0 Å². The van der Waals surface area contributed by atoms with Crippen LogP contribution in [-0.2, 0) is 34.5 Å². The lowest BCUT2D eigenvalue weighted by molar-refractivity contribution is -0.136. The van der Waals surface area contributed by atoms with Gasteiger partial charge in [-0.1, -0.05) is 73.7 Å². The van der Waals surface area contributed by atoms with E-state index >= 15 is 0 Å². The van der Waals surface area contributed by atoms with Gasteiger partial charge in [0.15, 0.2) is 0 Å². The van der Waals surface area contributed by atoms with E-state index < -0.39 is 16.1 Å². The molecule has 0 N–H and O–H groups in total. The van der Waals surface area contributed by atoms with Gasteiger partial charge in [0.2, 0.25) is 15.9 Å². The fourth-order valence-electron chi connectivity index (χ4n) is 4.77. The summed E-state index contributed by atoms with van der Waals surface area (Å²) in [4.78, 5) is 15.3. The van der Waals surface area contributed by atoms with E-state index in [1.807, 2.05) is 74.5 Å². The summed E-state index contributed by atoms with van der Waals surface area (Å²) in [5.41, 5.74) is 3.57. The maximum Gasteiger partial charge on any atom is 0.241 e. The van der Waals surface area contributed by atoms with Gasteiger partial charge in [-0.3, -0.25) is 4.79 Å². The average Bonchev–Trinajstić information content (AvgIpc) is 3.57. The Hall–Kier alpha value is -3.76. The number of carbonyl (C=O) groups is 1. The maximum atomic E-state index is 13.7. The summed E-state index contributed by atoms with van der Waals surface area (Å²) < 4.78 is 35.3. The van der Waals surface area contributed by atoms with Crippen LogP contribution in [0.15, 0.2) is 83.6 Å². The molecular formula is C28H31N5O4S. The van der Waals surface area contributed by atoms with Crippen LogP contribution in [-0.4, -0.2) is 56.9 Å². The number of nitrogens with zero attached hydrogens (tertiary/aromatic N) is 5. The zero-order chi connectivity index (χ0) is 26.7. The summed E-state index contributed by atoms with van der Waals surface area (Å²) in [6.07, 6.45) is 3.35. The van der Waals surface area contributed by atoms with E-state index in [0.717, 1.165) is 22.5 Å². The van der Waals surface area contributed by atoms with Crippen molar-refractivity contribution < 1.29 is 17.6 Å². The predicted octanol–water partition coefficient (Wildman–Crippen LogP) is 3.79. The molecule has 1 fully saturated rings. The Labute approximate surface area is 222 Å². The normalized spacial score (nSPS) is 18.1. The van der Waals surface area contributed by atoms with Crippen LogP contribution in [0.1, 0.15) is 30.9 Å². The number of benzene rings is 2. The molecule has 0 spiro atoms. The van der Waals surface area contributed by atoms with Crippen molar-refractivity contribution in [2.24, 2.45) is 5.92 Å². The molecule has 1 amide bonds. The molecule has 10 heteroatoms. The van der Waals surface area contributed by atoms with Crippen LogP contribution in [0.2, 0.25) is 0 Å². The smallest absolute Gasteiger partial charge is 0.241 e. The summed E-state index contributed by atoms with van der Waals surface area (Å²) in [6, 6.07) is 20.7. The van der Waals surface area contributed by atoms with Gasteiger partial charge >= 0.3 is 0 Å². The van der Waals surface area contributed by atoms with Gasteiger partial charge in [0.25, 0.3) is 0 Å².